The first-order chi connectivity index (χ1) is 21.6. The molecular weight excluding hydrogens is 612 g/mol. The number of benzene rings is 1. The van der Waals surface area contributed by atoms with Gasteiger partial charge in [0.2, 0.25) is 11.8 Å². The first kappa shape index (κ1) is 33.8. The Kier molecular flexibility index (Phi) is 9.22. The lowest BCUT2D eigenvalue weighted by molar-refractivity contribution is -0.126. The molecule has 2 amide bonds. The Labute approximate surface area is 271 Å². The number of pyridine rings is 1. The highest BCUT2D eigenvalue weighted by molar-refractivity contribution is 7.84. The van der Waals surface area contributed by atoms with Crippen LogP contribution in [0.1, 0.15) is 79.6 Å². The van der Waals surface area contributed by atoms with Crippen LogP contribution >= 0.6 is 0 Å². The molecule has 0 bridgehead atoms. The minimum atomic E-state index is -4.16. The highest BCUT2D eigenvalue weighted by Gasteiger charge is 2.59. The molecule has 2 heterocycles. The molecule has 3 fully saturated rings. The Hall–Kier alpha value is -3.58. The van der Waals surface area contributed by atoms with Gasteiger partial charge < -0.3 is 19.5 Å². The maximum absolute atomic E-state index is 14.0. The van der Waals surface area contributed by atoms with E-state index in [2.05, 4.69) is 21.6 Å². The minimum absolute atomic E-state index is 0.0440. The second-order valence-corrected chi connectivity index (χ2v) is 14.9. The topological polar surface area (TPSA) is 145 Å². The summed E-state index contributed by atoms with van der Waals surface area (Å²) in [6.07, 6.45) is 4.59. The molecule has 1 aliphatic heterocycles. The number of hydrogen-bond donors (Lipinski definition) is 2. The highest BCUT2D eigenvalue weighted by atomic mass is 32.2. The standard InChI is InChI=1S/C33H46N4O8S/c1-8-13-32(14-15-32)45-46(40,41)36-21(3)33(19-23(33)9-2)35-28(38)27-18-25(20-37(27)30(39)44-31(4,5)6)43-29-26-11-10-24(42-7)17-22(26)12-16-34-29/h10-12,16-17,23,25,27,36H,3,8-9,13-15,18-20H2,1-2,4-7H3,(H,35,38)/t23-,25-,27+,33+/m1/s1. The van der Waals surface area contributed by atoms with Gasteiger partial charge in [-0.3, -0.25) is 14.4 Å². The van der Waals surface area contributed by atoms with Crippen molar-refractivity contribution in [1.29, 1.82) is 0 Å². The molecular formula is C33H46N4O8S. The molecule has 0 unspecified atom stereocenters. The third-order valence-corrected chi connectivity index (χ3v) is 10.0. The first-order valence-electron chi connectivity index (χ1n) is 16.0. The van der Waals surface area contributed by atoms with Gasteiger partial charge in [-0.1, -0.05) is 33.3 Å². The molecule has 252 valence electrons. The lowest BCUT2D eigenvalue weighted by atomic mass is 10.1. The van der Waals surface area contributed by atoms with Crippen molar-refractivity contribution in [3.05, 3.63) is 42.7 Å². The van der Waals surface area contributed by atoms with Crippen molar-refractivity contribution >= 4 is 33.1 Å². The van der Waals surface area contributed by atoms with Gasteiger partial charge in [-0.25, -0.2) is 14.0 Å². The molecule has 3 aliphatic rings. The number of amides is 2. The van der Waals surface area contributed by atoms with Crippen LogP contribution in [0.3, 0.4) is 0 Å². The predicted molar refractivity (Wildman–Crippen MR) is 172 cm³/mol. The molecule has 2 N–H and O–H groups in total. The van der Waals surface area contributed by atoms with E-state index in [-0.39, 0.29) is 24.6 Å². The Morgan fingerprint density at radius 1 is 1.17 bits per heavy atom. The average Bonchev–Trinajstić information content (AvgIpc) is 3.85. The number of ether oxygens (including phenoxy) is 3. The second kappa shape index (κ2) is 12.6. The molecule has 4 atom stereocenters. The monoisotopic (exact) mass is 658 g/mol. The molecule has 12 nitrogen and oxygen atoms in total. The van der Waals surface area contributed by atoms with E-state index in [1.807, 2.05) is 38.1 Å². The van der Waals surface area contributed by atoms with Gasteiger partial charge in [0.15, 0.2) is 0 Å². The van der Waals surface area contributed by atoms with Gasteiger partial charge >= 0.3 is 16.4 Å². The van der Waals surface area contributed by atoms with Crippen molar-refractivity contribution in [3.63, 3.8) is 0 Å². The van der Waals surface area contributed by atoms with Crippen LogP contribution in [0, 0.1) is 5.92 Å². The summed E-state index contributed by atoms with van der Waals surface area (Å²) >= 11 is 0. The summed E-state index contributed by atoms with van der Waals surface area (Å²) in [4.78, 5) is 33.2. The van der Waals surface area contributed by atoms with Crippen molar-refractivity contribution in [3.8, 4) is 11.6 Å². The van der Waals surface area contributed by atoms with Gasteiger partial charge in [0.1, 0.15) is 23.5 Å². The van der Waals surface area contributed by atoms with Crippen LogP contribution < -0.4 is 19.5 Å². The van der Waals surface area contributed by atoms with Crippen LogP contribution in [0.15, 0.2) is 42.7 Å². The molecule has 1 saturated heterocycles. The minimum Gasteiger partial charge on any atom is -0.497 e. The van der Waals surface area contributed by atoms with Gasteiger partial charge in [0.25, 0.3) is 0 Å². The van der Waals surface area contributed by atoms with Crippen LogP contribution in [0.4, 0.5) is 4.79 Å². The average molecular weight is 659 g/mol. The second-order valence-electron chi connectivity index (χ2n) is 13.6. The van der Waals surface area contributed by atoms with Gasteiger partial charge in [0.05, 0.1) is 24.8 Å². The maximum Gasteiger partial charge on any atom is 0.411 e. The van der Waals surface area contributed by atoms with Gasteiger partial charge in [-0.2, -0.15) is 8.42 Å². The van der Waals surface area contributed by atoms with Gasteiger partial charge in [-0.15, -0.1) is 0 Å². The van der Waals surface area contributed by atoms with E-state index < -0.39 is 51.2 Å². The number of nitrogens with one attached hydrogen (secondary N) is 2. The summed E-state index contributed by atoms with van der Waals surface area (Å²) in [6, 6.07) is 6.45. The fraction of sp³-hybridized carbons (Fsp3) is 0.606. The van der Waals surface area contributed by atoms with E-state index in [1.165, 1.54) is 4.90 Å². The van der Waals surface area contributed by atoms with E-state index in [9.17, 15) is 18.0 Å². The van der Waals surface area contributed by atoms with Gasteiger partial charge in [-0.05, 0) is 82.0 Å². The quantitative estimate of drug-likeness (QED) is 0.304. The van der Waals surface area contributed by atoms with Crippen LogP contribution in [-0.2, 0) is 24.0 Å². The van der Waals surface area contributed by atoms with E-state index in [0.717, 1.165) is 17.2 Å². The third-order valence-electron chi connectivity index (χ3n) is 8.94. The first-order valence-corrected chi connectivity index (χ1v) is 17.4. The zero-order valence-corrected chi connectivity index (χ0v) is 28.4. The number of hydrogen-bond acceptors (Lipinski definition) is 9. The van der Waals surface area contributed by atoms with E-state index >= 15 is 0 Å². The van der Waals surface area contributed by atoms with Crippen LogP contribution in [0.2, 0.25) is 0 Å². The number of rotatable bonds is 13. The highest BCUT2D eigenvalue weighted by Crippen LogP contribution is 2.51. The Bertz CT molecular complexity index is 1600. The van der Waals surface area contributed by atoms with Crippen molar-refractivity contribution in [2.45, 2.75) is 108 Å². The molecule has 46 heavy (non-hydrogen) atoms. The summed E-state index contributed by atoms with van der Waals surface area (Å²) in [6.45, 7) is 13.3. The molecule has 5 rings (SSSR count). The van der Waals surface area contributed by atoms with Crippen molar-refractivity contribution in [1.82, 2.24) is 19.9 Å². The number of methoxy groups -OCH3 is 1. The molecule has 13 heteroatoms. The number of carbonyl (C=O) groups excluding carboxylic acids is 2. The summed E-state index contributed by atoms with van der Waals surface area (Å²) in [5, 5.41) is 4.69. The Balaban J connectivity index is 1.34. The largest absolute Gasteiger partial charge is 0.497 e. The number of carbonyl (C=O) groups is 2. The summed E-state index contributed by atoms with van der Waals surface area (Å²) in [5.41, 5.74) is -2.33. The van der Waals surface area contributed by atoms with Crippen molar-refractivity contribution < 1.29 is 36.4 Å². The molecule has 0 radical (unpaired) electrons. The van der Waals surface area contributed by atoms with Gasteiger partial charge in [0, 0.05) is 23.7 Å². The number of aromatic nitrogens is 1. The van der Waals surface area contributed by atoms with Crippen LogP contribution in [0.25, 0.3) is 10.8 Å². The molecule has 0 spiro atoms. The van der Waals surface area contributed by atoms with Crippen LogP contribution in [-0.4, -0.2) is 72.8 Å². The summed E-state index contributed by atoms with van der Waals surface area (Å²) < 4.78 is 51.4. The number of fused-ring (bicyclic) bond motifs is 1. The number of nitrogens with zero attached hydrogens (tertiary/aromatic N) is 2. The molecule has 1 aromatic carbocycles. The Morgan fingerprint density at radius 3 is 2.52 bits per heavy atom. The fourth-order valence-electron chi connectivity index (χ4n) is 6.35. The molecule has 2 saturated carbocycles. The summed E-state index contributed by atoms with van der Waals surface area (Å²) in [5.74, 6) is 0.576. The predicted octanol–water partition coefficient (Wildman–Crippen LogP) is 4.98. The van der Waals surface area contributed by atoms with Crippen LogP contribution in [0.5, 0.6) is 11.6 Å². The summed E-state index contributed by atoms with van der Waals surface area (Å²) in [7, 11) is -2.56. The zero-order chi connectivity index (χ0) is 33.5. The van der Waals surface area contributed by atoms with E-state index in [1.54, 1.807) is 34.1 Å². The van der Waals surface area contributed by atoms with E-state index in [0.29, 0.717) is 43.7 Å². The number of likely N-dealkylation sites (tertiary alicyclic amines) is 1. The SMILES string of the molecule is C=C(NS(=O)(=O)OC1(CCC)CC1)[C@@]1(NC(=O)[C@@H]2C[C@@H](Oc3nccc4cc(OC)ccc34)CN2C(=O)OC(C)(C)C)C[C@H]1CC. The smallest absolute Gasteiger partial charge is 0.411 e. The lowest BCUT2D eigenvalue weighted by Crippen LogP contribution is -2.53. The normalized spacial score (nSPS) is 25.1. The molecule has 1 aromatic heterocycles. The van der Waals surface area contributed by atoms with Crippen molar-refractivity contribution in [2.24, 2.45) is 5.92 Å². The van der Waals surface area contributed by atoms with E-state index in [4.69, 9.17) is 18.4 Å². The fourth-order valence-corrected chi connectivity index (χ4v) is 7.59. The molecule has 2 aliphatic carbocycles. The zero-order valence-electron chi connectivity index (χ0n) is 27.6. The maximum atomic E-state index is 14.0. The van der Waals surface area contributed by atoms with Crippen molar-refractivity contribution in [2.75, 3.05) is 13.7 Å². The third kappa shape index (κ3) is 7.35. The molecule has 2 aromatic rings. The Morgan fingerprint density at radius 2 is 1.91 bits per heavy atom. The lowest BCUT2D eigenvalue weighted by Gasteiger charge is -2.30.